The fourth-order valence-corrected chi connectivity index (χ4v) is 5.43. The summed E-state index contributed by atoms with van der Waals surface area (Å²) in [7, 11) is 0. The minimum absolute atomic E-state index is 0.179. The van der Waals surface area contributed by atoms with Gasteiger partial charge in [0.25, 0.3) is 0 Å². The third kappa shape index (κ3) is 4.31. The van der Waals surface area contributed by atoms with Crippen LogP contribution in [0, 0.1) is 5.41 Å². The molecule has 0 unspecified atom stereocenters. The Morgan fingerprint density at radius 2 is 1.83 bits per heavy atom. The maximum absolute atomic E-state index is 12.4. The van der Waals surface area contributed by atoms with Crippen molar-refractivity contribution in [2.45, 2.75) is 77.3 Å². The molecule has 4 rings (SSSR count). The number of benzene rings is 1. The molecule has 1 aromatic carbocycles. The van der Waals surface area contributed by atoms with E-state index in [1.54, 1.807) is 4.90 Å². The Hall–Kier alpha value is -2.14. The molecule has 6 heteroatoms. The summed E-state index contributed by atoms with van der Waals surface area (Å²) in [6, 6.07) is 10.2. The van der Waals surface area contributed by atoms with Crippen LogP contribution in [-0.2, 0) is 25.8 Å². The molecule has 0 atom stereocenters. The Balaban J connectivity index is 1.63. The van der Waals surface area contributed by atoms with E-state index in [4.69, 9.17) is 16.6 Å². The molecule has 1 N–H and O–H groups in total. The van der Waals surface area contributed by atoms with Crippen molar-refractivity contribution in [3.05, 3.63) is 58.1 Å². The Morgan fingerprint density at radius 1 is 1.13 bits per heavy atom. The van der Waals surface area contributed by atoms with Gasteiger partial charge in [-0.3, -0.25) is 4.90 Å². The van der Waals surface area contributed by atoms with Crippen molar-refractivity contribution in [1.29, 1.82) is 0 Å². The molecule has 2 aromatic rings. The molecule has 30 heavy (non-hydrogen) atoms. The first-order valence-corrected chi connectivity index (χ1v) is 11.2. The highest BCUT2D eigenvalue weighted by Gasteiger charge is 2.43. The van der Waals surface area contributed by atoms with E-state index in [9.17, 15) is 9.90 Å². The van der Waals surface area contributed by atoms with Gasteiger partial charge in [-0.1, -0.05) is 68.6 Å². The zero-order valence-corrected chi connectivity index (χ0v) is 18.6. The van der Waals surface area contributed by atoms with Crippen molar-refractivity contribution in [3.63, 3.8) is 0 Å². The van der Waals surface area contributed by atoms with Crippen LogP contribution in [0.25, 0.3) is 0 Å². The van der Waals surface area contributed by atoms with E-state index >= 15 is 0 Å². The van der Waals surface area contributed by atoms with E-state index in [1.807, 2.05) is 18.2 Å². The summed E-state index contributed by atoms with van der Waals surface area (Å²) in [6.45, 7) is 4.65. The van der Waals surface area contributed by atoms with E-state index in [0.717, 1.165) is 61.8 Å². The van der Waals surface area contributed by atoms with Gasteiger partial charge in [0, 0.05) is 11.3 Å². The lowest BCUT2D eigenvalue weighted by Crippen LogP contribution is -2.51. The molecule has 1 amide bonds. The van der Waals surface area contributed by atoms with Crippen LogP contribution in [0.5, 0.6) is 0 Å². The second-order valence-electron chi connectivity index (χ2n) is 9.66. The molecule has 0 aliphatic heterocycles. The predicted molar refractivity (Wildman–Crippen MR) is 118 cm³/mol. The van der Waals surface area contributed by atoms with Crippen LogP contribution in [0.15, 0.2) is 30.3 Å². The number of nitrogens with zero attached hydrogens (tertiary/aromatic N) is 3. The van der Waals surface area contributed by atoms with Crippen molar-refractivity contribution in [2.24, 2.45) is 5.41 Å². The van der Waals surface area contributed by atoms with Crippen molar-refractivity contribution in [1.82, 2.24) is 14.9 Å². The summed E-state index contributed by atoms with van der Waals surface area (Å²) >= 11 is 6.54. The number of fused-ring (bicyclic) bond motifs is 1. The summed E-state index contributed by atoms with van der Waals surface area (Å²) < 4.78 is 0. The van der Waals surface area contributed by atoms with E-state index in [0.29, 0.717) is 17.4 Å². The number of aryl methyl sites for hydroxylation is 1. The number of rotatable bonds is 5. The molecule has 2 aliphatic carbocycles. The largest absolute Gasteiger partial charge is 0.465 e. The zero-order chi connectivity index (χ0) is 21.4. The molecule has 1 heterocycles. The highest BCUT2D eigenvalue weighted by molar-refractivity contribution is 6.30. The SMILES string of the molecule is CC1(C)CCc2nc(CN(C(=O)O)C3(Cc4ccccc4)CCCC3)nc(Cl)c2C1. The van der Waals surface area contributed by atoms with Crippen LogP contribution in [0.2, 0.25) is 5.15 Å². The van der Waals surface area contributed by atoms with Gasteiger partial charge in [0.1, 0.15) is 11.0 Å². The van der Waals surface area contributed by atoms with Gasteiger partial charge in [0.15, 0.2) is 0 Å². The van der Waals surface area contributed by atoms with Gasteiger partial charge in [0.2, 0.25) is 0 Å². The Morgan fingerprint density at radius 3 is 2.50 bits per heavy atom. The molecule has 1 saturated carbocycles. The normalized spacial score (nSPS) is 19.3. The Labute approximate surface area is 183 Å². The number of hydrogen-bond acceptors (Lipinski definition) is 3. The Bertz CT molecular complexity index is 924. The average molecular weight is 428 g/mol. The van der Waals surface area contributed by atoms with E-state index in [-0.39, 0.29) is 12.0 Å². The fourth-order valence-electron chi connectivity index (χ4n) is 5.16. The number of amides is 1. The first-order chi connectivity index (χ1) is 14.3. The van der Waals surface area contributed by atoms with E-state index in [1.165, 1.54) is 0 Å². The van der Waals surface area contributed by atoms with Crippen molar-refractivity contribution in [2.75, 3.05) is 0 Å². The summed E-state index contributed by atoms with van der Waals surface area (Å²) in [5.74, 6) is 0.514. The maximum atomic E-state index is 12.4. The summed E-state index contributed by atoms with van der Waals surface area (Å²) in [4.78, 5) is 23.3. The molecule has 1 aromatic heterocycles. The van der Waals surface area contributed by atoms with Crippen LogP contribution in [0.3, 0.4) is 0 Å². The number of carboxylic acid groups (broad SMARTS) is 1. The zero-order valence-electron chi connectivity index (χ0n) is 17.8. The number of hydrogen-bond donors (Lipinski definition) is 1. The van der Waals surface area contributed by atoms with Gasteiger partial charge in [-0.15, -0.1) is 0 Å². The van der Waals surface area contributed by atoms with Crippen molar-refractivity contribution >= 4 is 17.7 Å². The van der Waals surface area contributed by atoms with Crippen LogP contribution in [0.1, 0.15) is 68.6 Å². The lowest BCUT2D eigenvalue weighted by atomic mass is 9.76. The molecule has 0 saturated heterocycles. The van der Waals surface area contributed by atoms with Crippen LogP contribution < -0.4 is 0 Å². The van der Waals surface area contributed by atoms with Gasteiger partial charge in [-0.05, 0) is 49.5 Å². The second-order valence-corrected chi connectivity index (χ2v) is 10.0. The van der Waals surface area contributed by atoms with Gasteiger partial charge in [-0.25, -0.2) is 14.8 Å². The van der Waals surface area contributed by atoms with Gasteiger partial charge >= 0.3 is 6.09 Å². The molecule has 0 bridgehead atoms. The molecule has 0 spiro atoms. The van der Waals surface area contributed by atoms with Crippen LogP contribution >= 0.6 is 11.6 Å². The number of halogens is 1. The minimum atomic E-state index is -0.911. The third-order valence-electron chi connectivity index (χ3n) is 6.80. The lowest BCUT2D eigenvalue weighted by Gasteiger charge is -2.40. The highest BCUT2D eigenvalue weighted by atomic mass is 35.5. The summed E-state index contributed by atoms with van der Waals surface area (Å²) in [5, 5.41) is 10.6. The maximum Gasteiger partial charge on any atom is 0.408 e. The minimum Gasteiger partial charge on any atom is -0.465 e. The van der Waals surface area contributed by atoms with Gasteiger partial charge in [0.05, 0.1) is 12.1 Å². The topological polar surface area (TPSA) is 66.3 Å². The Kier molecular flexibility index (Phi) is 5.75. The molecular weight excluding hydrogens is 398 g/mol. The summed E-state index contributed by atoms with van der Waals surface area (Å²) in [6.07, 6.45) is 6.38. The monoisotopic (exact) mass is 427 g/mol. The molecule has 5 nitrogen and oxygen atoms in total. The van der Waals surface area contributed by atoms with Crippen molar-refractivity contribution in [3.8, 4) is 0 Å². The lowest BCUT2D eigenvalue weighted by molar-refractivity contribution is 0.0693. The molecule has 0 radical (unpaired) electrons. The molecular formula is C24H30ClN3O2. The first kappa shape index (κ1) is 21.1. The third-order valence-corrected chi connectivity index (χ3v) is 7.11. The van der Waals surface area contributed by atoms with Crippen LogP contribution in [-0.4, -0.2) is 31.6 Å². The quantitative estimate of drug-likeness (QED) is 0.623. The standard InChI is InChI=1S/C24H30ClN3O2/c1-23(2)13-10-19-18(15-23)21(25)27-20(26-19)16-28(22(29)30)24(11-6-7-12-24)14-17-8-4-3-5-9-17/h3-5,8-9H,6-7,10-16H2,1-2H3,(H,29,30). The van der Waals surface area contributed by atoms with Gasteiger partial charge in [-0.2, -0.15) is 0 Å². The average Bonchev–Trinajstić information content (AvgIpc) is 3.16. The summed E-state index contributed by atoms with van der Waals surface area (Å²) in [5.41, 5.74) is 2.95. The van der Waals surface area contributed by atoms with Crippen molar-refractivity contribution < 1.29 is 9.90 Å². The molecule has 1 fully saturated rings. The molecule has 2 aliphatic rings. The first-order valence-electron chi connectivity index (χ1n) is 10.9. The predicted octanol–water partition coefficient (Wildman–Crippen LogP) is 5.68. The van der Waals surface area contributed by atoms with Crippen LogP contribution in [0.4, 0.5) is 4.79 Å². The highest BCUT2D eigenvalue weighted by Crippen LogP contribution is 2.40. The fraction of sp³-hybridized carbons (Fsp3) is 0.542. The van der Waals surface area contributed by atoms with E-state index < -0.39 is 11.6 Å². The second kappa shape index (κ2) is 8.18. The van der Waals surface area contributed by atoms with Gasteiger partial charge < -0.3 is 5.11 Å². The number of aromatic nitrogens is 2. The smallest absolute Gasteiger partial charge is 0.408 e. The number of carbonyl (C=O) groups is 1. The molecule has 160 valence electrons. The van der Waals surface area contributed by atoms with E-state index in [2.05, 4.69) is 31.0 Å².